The van der Waals surface area contributed by atoms with E-state index >= 15 is 0 Å². The molecule has 0 aromatic heterocycles. The normalized spacial score (nSPS) is 16.2. The van der Waals surface area contributed by atoms with Crippen molar-refractivity contribution in [3.63, 3.8) is 0 Å². The second-order valence-corrected chi connectivity index (χ2v) is 7.78. The Morgan fingerprint density at radius 1 is 1.17 bits per heavy atom. The van der Waals surface area contributed by atoms with E-state index in [1.807, 2.05) is 24.3 Å². The topological polar surface area (TPSA) is 61.9 Å². The van der Waals surface area contributed by atoms with Gasteiger partial charge in [0.05, 0.1) is 5.69 Å². The molecule has 0 spiro atoms. The zero-order valence-corrected chi connectivity index (χ0v) is 17.4. The minimum absolute atomic E-state index is 0.0910. The Labute approximate surface area is 172 Å². The number of carbonyl (C=O) groups is 2. The lowest BCUT2D eigenvalue weighted by Crippen LogP contribution is -2.34. The van der Waals surface area contributed by atoms with E-state index < -0.39 is 0 Å². The molecule has 154 valence electrons. The predicted octanol–water partition coefficient (Wildman–Crippen LogP) is 3.64. The SMILES string of the molecule is CC1CCCN(c2ccccc2OCC(=O)Nc2cccc(C(=O)N(C)C)c2)C1. The average Bonchev–Trinajstić information content (AvgIpc) is 2.72. The van der Waals surface area contributed by atoms with Crippen LogP contribution in [0.2, 0.25) is 0 Å². The number of carbonyl (C=O) groups excluding carboxylic acids is 2. The van der Waals surface area contributed by atoms with Gasteiger partial charge in [-0.25, -0.2) is 0 Å². The molecule has 29 heavy (non-hydrogen) atoms. The molecule has 1 aliphatic rings. The second-order valence-electron chi connectivity index (χ2n) is 7.78. The molecule has 0 radical (unpaired) electrons. The van der Waals surface area contributed by atoms with Crippen LogP contribution in [0.5, 0.6) is 5.75 Å². The Kier molecular flexibility index (Phi) is 6.75. The number of hydrogen-bond donors (Lipinski definition) is 1. The molecule has 0 saturated carbocycles. The minimum Gasteiger partial charge on any atom is -0.482 e. The van der Waals surface area contributed by atoms with Gasteiger partial charge in [-0.1, -0.05) is 25.1 Å². The molecule has 1 atom stereocenters. The first kappa shape index (κ1) is 20.7. The summed E-state index contributed by atoms with van der Waals surface area (Å²) >= 11 is 0. The molecule has 0 bridgehead atoms. The lowest BCUT2D eigenvalue weighted by atomic mass is 9.99. The number of benzene rings is 2. The maximum atomic E-state index is 12.4. The predicted molar refractivity (Wildman–Crippen MR) is 116 cm³/mol. The van der Waals surface area contributed by atoms with Gasteiger partial charge in [0.2, 0.25) is 0 Å². The third-order valence-electron chi connectivity index (χ3n) is 5.02. The molecule has 2 aromatic rings. The molecule has 2 amide bonds. The lowest BCUT2D eigenvalue weighted by Gasteiger charge is -2.33. The smallest absolute Gasteiger partial charge is 0.262 e. The Morgan fingerprint density at radius 2 is 1.97 bits per heavy atom. The summed E-state index contributed by atoms with van der Waals surface area (Å²) in [6.07, 6.45) is 2.41. The molecule has 1 unspecified atom stereocenters. The van der Waals surface area contributed by atoms with Crippen molar-refractivity contribution in [1.82, 2.24) is 4.90 Å². The van der Waals surface area contributed by atoms with Crippen molar-refractivity contribution in [3.8, 4) is 5.75 Å². The van der Waals surface area contributed by atoms with Crippen LogP contribution < -0.4 is 15.0 Å². The first-order valence-electron chi connectivity index (χ1n) is 10.0. The molecule has 1 fully saturated rings. The Bertz CT molecular complexity index is 866. The number of ether oxygens (including phenoxy) is 1. The van der Waals surface area contributed by atoms with Gasteiger partial charge in [-0.15, -0.1) is 0 Å². The molecule has 3 rings (SSSR count). The first-order chi connectivity index (χ1) is 13.9. The van der Waals surface area contributed by atoms with Crippen LogP contribution in [0.1, 0.15) is 30.1 Å². The summed E-state index contributed by atoms with van der Waals surface area (Å²) in [5.74, 6) is 0.994. The number of anilines is 2. The first-order valence-corrected chi connectivity index (χ1v) is 10.0. The number of hydrogen-bond acceptors (Lipinski definition) is 4. The van der Waals surface area contributed by atoms with Crippen LogP contribution in [-0.2, 0) is 4.79 Å². The highest BCUT2D eigenvalue weighted by molar-refractivity contribution is 5.97. The lowest BCUT2D eigenvalue weighted by molar-refractivity contribution is -0.118. The van der Waals surface area contributed by atoms with Crippen molar-refractivity contribution in [2.75, 3.05) is 44.0 Å². The van der Waals surface area contributed by atoms with Gasteiger partial charge in [-0.2, -0.15) is 0 Å². The van der Waals surface area contributed by atoms with Crippen LogP contribution >= 0.6 is 0 Å². The van der Waals surface area contributed by atoms with Crippen LogP contribution in [0.4, 0.5) is 11.4 Å². The highest BCUT2D eigenvalue weighted by atomic mass is 16.5. The van der Waals surface area contributed by atoms with Crippen LogP contribution in [0, 0.1) is 5.92 Å². The molecule has 1 N–H and O–H groups in total. The standard InChI is InChI=1S/C23H29N3O3/c1-17-8-7-13-26(15-17)20-11-4-5-12-21(20)29-16-22(27)24-19-10-6-9-18(14-19)23(28)25(2)3/h4-6,9-12,14,17H,7-8,13,15-16H2,1-3H3,(H,24,27). The van der Waals surface area contributed by atoms with E-state index in [4.69, 9.17) is 4.74 Å². The fraction of sp³-hybridized carbons (Fsp3) is 0.391. The summed E-state index contributed by atoms with van der Waals surface area (Å²) in [6, 6.07) is 14.8. The van der Waals surface area contributed by atoms with Crippen molar-refractivity contribution < 1.29 is 14.3 Å². The van der Waals surface area contributed by atoms with Crippen LogP contribution in [-0.4, -0.2) is 50.5 Å². The maximum Gasteiger partial charge on any atom is 0.262 e. The molecule has 1 aliphatic heterocycles. The highest BCUT2D eigenvalue weighted by Crippen LogP contribution is 2.31. The van der Waals surface area contributed by atoms with Gasteiger partial charge in [-0.3, -0.25) is 9.59 Å². The van der Waals surface area contributed by atoms with Gasteiger partial charge < -0.3 is 19.9 Å². The molecule has 1 heterocycles. The van der Waals surface area contributed by atoms with Crippen LogP contribution in [0.3, 0.4) is 0 Å². The fourth-order valence-corrected chi connectivity index (χ4v) is 3.58. The van der Waals surface area contributed by atoms with Crippen LogP contribution in [0.15, 0.2) is 48.5 Å². The number of amides is 2. The number of nitrogens with one attached hydrogen (secondary N) is 1. The van der Waals surface area contributed by atoms with Gasteiger partial charge in [0, 0.05) is 38.4 Å². The zero-order valence-electron chi connectivity index (χ0n) is 17.4. The summed E-state index contributed by atoms with van der Waals surface area (Å²) in [4.78, 5) is 28.3. The van der Waals surface area contributed by atoms with E-state index in [0.29, 0.717) is 22.9 Å². The monoisotopic (exact) mass is 395 g/mol. The maximum absolute atomic E-state index is 12.4. The Morgan fingerprint density at radius 3 is 2.72 bits per heavy atom. The second kappa shape index (κ2) is 9.45. The summed E-state index contributed by atoms with van der Waals surface area (Å²) in [6.45, 7) is 4.17. The molecule has 6 nitrogen and oxygen atoms in total. The van der Waals surface area contributed by atoms with Gasteiger partial charge >= 0.3 is 0 Å². The van der Waals surface area contributed by atoms with E-state index in [1.54, 1.807) is 38.4 Å². The van der Waals surface area contributed by atoms with Gasteiger partial charge in [0.15, 0.2) is 6.61 Å². The number of para-hydroxylation sites is 2. The average molecular weight is 396 g/mol. The van der Waals surface area contributed by atoms with Gasteiger partial charge in [0.1, 0.15) is 5.75 Å². The van der Waals surface area contributed by atoms with Gasteiger partial charge in [-0.05, 0) is 49.1 Å². The summed E-state index contributed by atoms with van der Waals surface area (Å²) in [5.41, 5.74) is 2.13. The number of nitrogens with zero attached hydrogens (tertiary/aromatic N) is 2. The fourth-order valence-electron chi connectivity index (χ4n) is 3.58. The van der Waals surface area contributed by atoms with E-state index in [9.17, 15) is 9.59 Å². The summed E-state index contributed by atoms with van der Waals surface area (Å²) in [5, 5.41) is 2.80. The Balaban J connectivity index is 1.62. The summed E-state index contributed by atoms with van der Waals surface area (Å²) < 4.78 is 5.85. The quantitative estimate of drug-likeness (QED) is 0.811. The van der Waals surface area contributed by atoms with Crippen molar-refractivity contribution in [3.05, 3.63) is 54.1 Å². The van der Waals surface area contributed by atoms with Gasteiger partial charge in [0.25, 0.3) is 11.8 Å². The highest BCUT2D eigenvalue weighted by Gasteiger charge is 2.19. The zero-order chi connectivity index (χ0) is 20.8. The van der Waals surface area contributed by atoms with Crippen LogP contribution in [0.25, 0.3) is 0 Å². The Hall–Kier alpha value is -3.02. The summed E-state index contributed by atoms with van der Waals surface area (Å²) in [7, 11) is 3.39. The van der Waals surface area contributed by atoms with E-state index in [1.165, 1.54) is 11.3 Å². The largest absolute Gasteiger partial charge is 0.482 e. The van der Waals surface area contributed by atoms with Crippen molar-refractivity contribution in [2.24, 2.45) is 5.92 Å². The molecule has 6 heteroatoms. The van der Waals surface area contributed by atoms with E-state index in [2.05, 4.69) is 17.1 Å². The van der Waals surface area contributed by atoms with Crippen molar-refractivity contribution >= 4 is 23.2 Å². The third kappa shape index (κ3) is 5.50. The van der Waals surface area contributed by atoms with Crippen molar-refractivity contribution in [2.45, 2.75) is 19.8 Å². The third-order valence-corrected chi connectivity index (χ3v) is 5.02. The molecule has 2 aromatic carbocycles. The molecular formula is C23H29N3O3. The number of rotatable bonds is 6. The molecule has 1 saturated heterocycles. The molecule has 0 aliphatic carbocycles. The molecular weight excluding hydrogens is 366 g/mol. The minimum atomic E-state index is -0.263. The van der Waals surface area contributed by atoms with E-state index in [0.717, 1.165) is 25.2 Å². The van der Waals surface area contributed by atoms with Crippen molar-refractivity contribution in [1.29, 1.82) is 0 Å². The number of piperidine rings is 1. The van der Waals surface area contributed by atoms with E-state index in [-0.39, 0.29) is 18.4 Å².